The van der Waals surface area contributed by atoms with Crippen molar-refractivity contribution >= 4 is 29.0 Å². The van der Waals surface area contributed by atoms with Crippen LogP contribution in [0.4, 0.5) is 18.9 Å². The fourth-order valence-electron chi connectivity index (χ4n) is 2.75. The molecule has 2 aromatic rings. The van der Waals surface area contributed by atoms with E-state index < -0.39 is 12.3 Å². The van der Waals surface area contributed by atoms with Crippen LogP contribution in [0.3, 0.4) is 0 Å². The van der Waals surface area contributed by atoms with Crippen LogP contribution in [0.2, 0.25) is 5.02 Å². The number of amides is 1. The molecular weight excluding hydrogens is 465 g/mol. The van der Waals surface area contributed by atoms with Crippen molar-refractivity contribution in [3.63, 3.8) is 0 Å². The normalized spacial score (nSPS) is 12.0. The first-order valence-electron chi connectivity index (χ1n) is 9.87. The summed E-state index contributed by atoms with van der Waals surface area (Å²) in [5, 5.41) is 13.3. The molecule has 0 heterocycles. The van der Waals surface area contributed by atoms with Gasteiger partial charge in [0.15, 0.2) is 0 Å². The molecule has 2 rings (SSSR count). The number of amidine groups is 1. The molecular formula is C22H24ClF3N2O5. The average Bonchev–Trinajstić information content (AvgIpc) is 2.73. The molecule has 0 saturated carbocycles. The summed E-state index contributed by atoms with van der Waals surface area (Å²) in [6.07, 6.45) is -4.49. The van der Waals surface area contributed by atoms with Gasteiger partial charge in [0.05, 0.1) is 31.1 Å². The fourth-order valence-corrected chi connectivity index (χ4v) is 2.99. The fraction of sp³-hybridized carbons (Fsp3) is 0.364. The number of phenols is 1. The number of methoxy groups -OCH3 is 1. The lowest BCUT2D eigenvalue weighted by Crippen LogP contribution is -2.30. The number of hydrogen-bond acceptors (Lipinski definition) is 6. The van der Waals surface area contributed by atoms with Crippen molar-refractivity contribution in [1.82, 2.24) is 5.32 Å². The van der Waals surface area contributed by atoms with Gasteiger partial charge < -0.3 is 24.6 Å². The number of aryl methyl sites for hydroxylation is 1. The van der Waals surface area contributed by atoms with Crippen molar-refractivity contribution in [3.8, 4) is 11.5 Å². The quantitative estimate of drug-likeness (QED) is 0.284. The topological polar surface area (TPSA) is 89.4 Å². The lowest BCUT2D eigenvalue weighted by Gasteiger charge is -2.13. The van der Waals surface area contributed by atoms with Gasteiger partial charge in [-0.3, -0.25) is 4.79 Å². The highest BCUT2D eigenvalue weighted by Gasteiger charge is 2.31. The van der Waals surface area contributed by atoms with Crippen molar-refractivity contribution in [2.75, 3.05) is 20.3 Å². The van der Waals surface area contributed by atoms with Crippen LogP contribution in [0.1, 0.15) is 34.8 Å². The number of benzene rings is 2. The number of nitrogens with zero attached hydrogens (tertiary/aromatic N) is 1. The number of aliphatic imine (C=N–C) groups is 1. The molecule has 2 N–H and O–H groups in total. The predicted octanol–water partition coefficient (Wildman–Crippen LogP) is 5.29. The smallest absolute Gasteiger partial charge is 0.507 e. The Kier molecular flexibility index (Phi) is 9.51. The Labute approximate surface area is 194 Å². The maximum atomic E-state index is 12.8. The molecule has 7 nitrogen and oxygen atoms in total. The van der Waals surface area contributed by atoms with Gasteiger partial charge in [-0.1, -0.05) is 18.5 Å². The molecule has 180 valence electrons. The number of carbonyl (C=O) groups excluding carboxylic acids is 1. The average molecular weight is 489 g/mol. The van der Waals surface area contributed by atoms with Gasteiger partial charge in [0.2, 0.25) is 0 Å². The number of alkyl halides is 3. The van der Waals surface area contributed by atoms with E-state index in [0.29, 0.717) is 36.4 Å². The van der Waals surface area contributed by atoms with Crippen LogP contribution >= 0.6 is 11.6 Å². The van der Waals surface area contributed by atoms with Crippen LogP contribution < -0.4 is 10.1 Å². The number of halogens is 4. The monoisotopic (exact) mass is 488 g/mol. The van der Waals surface area contributed by atoms with Gasteiger partial charge in [0, 0.05) is 24.1 Å². The molecule has 11 heteroatoms. The van der Waals surface area contributed by atoms with Gasteiger partial charge in [-0.05, 0) is 42.8 Å². The predicted molar refractivity (Wildman–Crippen MR) is 117 cm³/mol. The lowest BCUT2D eigenvalue weighted by atomic mass is 10.1. The van der Waals surface area contributed by atoms with E-state index >= 15 is 0 Å². The van der Waals surface area contributed by atoms with E-state index in [9.17, 15) is 23.1 Å². The minimum atomic E-state index is -4.80. The Morgan fingerprint density at radius 1 is 1.21 bits per heavy atom. The number of rotatable bonds is 9. The number of aromatic hydroxyl groups is 1. The van der Waals surface area contributed by atoms with Crippen LogP contribution in [0.5, 0.6) is 11.5 Å². The van der Waals surface area contributed by atoms with Gasteiger partial charge in [-0.2, -0.15) is 0 Å². The van der Waals surface area contributed by atoms with Gasteiger partial charge in [-0.25, -0.2) is 4.99 Å². The third-order valence-corrected chi connectivity index (χ3v) is 4.56. The third-order valence-electron chi connectivity index (χ3n) is 4.34. The largest absolute Gasteiger partial charge is 0.573 e. The zero-order chi connectivity index (χ0) is 24.6. The van der Waals surface area contributed by atoms with Crippen LogP contribution in [-0.4, -0.2) is 43.5 Å². The molecule has 0 unspecified atom stereocenters. The number of carbonyl (C=O) groups is 1. The summed E-state index contributed by atoms with van der Waals surface area (Å²) in [5.74, 6) is -1.06. The molecule has 1 amide bonds. The zero-order valence-corrected chi connectivity index (χ0v) is 19.0. The lowest BCUT2D eigenvalue weighted by molar-refractivity contribution is -0.274. The number of ether oxygens (including phenoxy) is 3. The second kappa shape index (κ2) is 11.9. The SMILES string of the molecule is CCC(=Nc1ccc(OC(F)(F)F)cc1C)NC(=O)c1cc(Cl)cc(COCCOC)c1O. The van der Waals surface area contributed by atoms with E-state index in [2.05, 4.69) is 15.0 Å². The van der Waals surface area contributed by atoms with Crippen LogP contribution in [0.25, 0.3) is 0 Å². The van der Waals surface area contributed by atoms with Gasteiger partial charge in [0.25, 0.3) is 5.91 Å². The van der Waals surface area contributed by atoms with E-state index in [1.807, 2.05) is 0 Å². The van der Waals surface area contributed by atoms with E-state index in [1.54, 1.807) is 13.8 Å². The highest BCUT2D eigenvalue weighted by atomic mass is 35.5. The number of nitrogens with one attached hydrogen (secondary N) is 1. The van der Waals surface area contributed by atoms with Gasteiger partial charge in [-0.15, -0.1) is 13.2 Å². The van der Waals surface area contributed by atoms with Crippen molar-refractivity contribution < 1.29 is 37.3 Å². The summed E-state index contributed by atoms with van der Waals surface area (Å²) in [6, 6.07) is 6.48. The van der Waals surface area contributed by atoms with E-state index in [4.69, 9.17) is 21.1 Å². The molecule has 0 radical (unpaired) electrons. The van der Waals surface area contributed by atoms with Gasteiger partial charge in [0.1, 0.15) is 17.3 Å². The third kappa shape index (κ3) is 8.23. The number of hydrogen-bond donors (Lipinski definition) is 2. The molecule has 33 heavy (non-hydrogen) atoms. The summed E-state index contributed by atoms with van der Waals surface area (Å²) in [7, 11) is 1.53. The molecule has 0 aliphatic rings. The molecule has 0 aromatic heterocycles. The summed E-state index contributed by atoms with van der Waals surface area (Å²) >= 11 is 6.09. The Morgan fingerprint density at radius 3 is 2.55 bits per heavy atom. The maximum absolute atomic E-state index is 12.8. The first kappa shape index (κ1) is 26.4. The van der Waals surface area contributed by atoms with Crippen LogP contribution in [0.15, 0.2) is 35.3 Å². The Hall–Kier alpha value is -2.82. The molecule has 0 bridgehead atoms. The molecule has 2 aromatic carbocycles. The van der Waals surface area contributed by atoms with Crippen LogP contribution in [0, 0.1) is 6.92 Å². The second-order valence-corrected chi connectivity index (χ2v) is 7.31. The summed E-state index contributed by atoms with van der Waals surface area (Å²) in [4.78, 5) is 17.1. The van der Waals surface area contributed by atoms with E-state index in [0.717, 1.165) is 6.07 Å². The highest BCUT2D eigenvalue weighted by molar-refractivity contribution is 6.31. The summed E-state index contributed by atoms with van der Waals surface area (Å²) < 4.78 is 51.4. The number of phenolic OH excluding ortho intramolecular Hbond substituents is 1. The van der Waals surface area contributed by atoms with E-state index in [-0.39, 0.29) is 34.5 Å². The summed E-state index contributed by atoms with van der Waals surface area (Å²) in [5.41, 5.74) is 1.02. The van der Waals surface area contributed by atoms with Crippen molar-refractivity contribution in [1.29, 1.82) is 0 Å². The van der Waals surface area contributed by atoms with Crippen molar-refractivity contribution in [2.24, 2.45) is 4.99 Å². The first-order valence-corrected chi connectivity index (χ1v) is 10.2. The van der Waals surface area contributed by atoms with Crippen molar-refractivity contribution in [2.45, 2.75) is 33.2 Å². The maximum Gasteiger partial charge on any atom is 0.573 e. The van der Waals surface area contributed by atoms with Crippen molar-refractivity contribution in [3.05, 3.63) is 52.0 Å². The molecule has 0 fully saturated rings. The Morgan fingerprint density at radius 2 is 1.94 bits per heavy atom. The zero-order valence-electron chi connectivity index (χ0n) is 18.3. The minimum absolute atomic E-state index is 0.0241. The standard InChI is InChI=1S/C22H24ClF3N2O5/c1-4-19(27-18-6-5-16(9-13(18)2)33-22(24,25)26)28-21(30)17-11-15(23)10-14(20(17)29)12-32-8-7-31-3/h5-6,9-11,29H,4,7-8,12H2,1-3H3,(H,27,28,30). The molecule has 0 aliphatic heterocycles. The van der Waals surface area contributed by atoms with Crippen LogP contribution in [-0.2, 0) is 16.1 Å². The molecule has 0 aliphatic carbocycles. The summed E-state index contributed by atoms with van der Waals surface area (Å²) in [6.45, 7) is 3.99. The second-order valence-electron chi connectivity index (χ2n) is 6.87. The molecule has 0 saturated heterocycles. The minimum Gasteiger partial charge on any atom is -0.507 e. The van der Waals surface area contributed by atoms with Gasteiger partial charge >= 0.3 is 6.36 Å². The molecule has 0 spiro atoms. The van der Waals surface area contributed by atoms with E-state index in [1.165, 1.54) is 31.4 Å². The highest BCUT2D eigenvalue weighted by Crippen LogP contribution is 2.30. The Balaban J connectivity index is 2.21. The Bertz CT molecular complexity index is 1010. The molecule has 0 atom stereocenters. The first-order chi connectivity index (χ1) is 15.5.